The van der Waals surface area contributed by atoms with Gasteiger partial charge in [0.25, 0.3) is 5.91 Å². The summed E-state index contributed by atoms with van der Waals surface area (Å²) in [4.78, 5) is 84.6. The number of likely N-dealkylation sites (N-methyl/N-ethyl adjacent to an activating group) is 2. The molecule has 0 aromatic heterocycles. The maximum absolute atomic E-state index is 14.0. The third kappa shape index (κ3) is 7.89. The van der Waals surface area contributed by atoms with Gasteiger partial charge in [0, 0.05) is 33.6 Å². The Hall–Kier alpha value is -3.44. The summed E-state index contributed by atoms with van der Waals surface area (Å²) >= 11 is 0. The van der Waals surface area contributed by atoms with Crippen molar-refractivity contribution < 1.29 is 33.5 Å². The fourth-order valence-electron chi connectivity index (χ4n) is 5.53. The van der Waals surface area contributed by atoms with E-state index in [-0.39, 0.29) is 43.7 Å². The molecule has 0 aromatic rings. The van der Waals surface area contributed by atoms with E-state index in [0.29, 0.717) is 12.8 Å². The molecule has 2 fully saturated rings. The highest BCUT2D eigenvalue weighted by Crippen LogP contribution is 2.27. The van der Waals surface area contributed by atoms with Crippen LogP contribution in [0.1, 0.15) is 67.2 Å². The Morgan fingerprint density at radius 2 is 1.62 bits per heavy atom. The minimum absolute atomic E-state index is 0.0510. The predicted octanol–water partition coefficient (Wildman–Crippen LogP) is 1.09. The highest BCUT2D eigenvalue weighted by Gasteiger charge is 2.45. The third-order valence-electron chi connectivity index (χ3n) is 8.54. The van der Waals surface area contributed by atoms with Crippen LogP contribution in [0.2, 0.25) is 0 Å². The van der Waals surface area contributed by atoms with Crippen LogP contribution < -0.4 is 10.6 Å². The summed E-state index contributed by atoms with van der Waals surface area (Å²) in [6.07, 6.45) is 1.27. The maximum atomic E-state index is 14.0. The van der Waals surface area contributed by atoms with Crippen molar-refractivity contribution in [2.24, 2.45) is 17.8 Å². The summed E-state index contributed by atoms with van der Waals surface area (Å²) in [6.45, 7) is 14.7. The smallest absolute Gasteiger partial charge is 0.308 e. The summed E-state index contributed by atoms with van der Waals surface area (Å²) in [6, 6.07) is -3.62. The van der Waals surface area contributed by atoms with Crippen LogP contribution in [0.4, 0.5) is 0 Å². The molecule has 0 saturated carbocycles. The normalized spacial score (nSPS) is 30.2. The molecule has 42 heavy (non-hydrogen) atoms. The zero-order valence-electron chi connectivity index (χ0n) is 26.3. The number of carbonyl (C=O) groups excluding carboxylic acids is 6. The second-order valence-electron chi connectivity index (χ2n) is 11.9. The fraction of sp³-hybridized carbons (Fsp3) is 0.733. The van der Waals surface area contributed by atoms with Crippen LogP contribution in [-0.4, -0.2) is 108 Å². The molecule has 2 rings (SSSR count). The Morgan fingerprint density at radius 1 is 0.976 bits per heavy atom. The molecule has 236 valence electrons. The standard InChI is InChI=1S/C30H49N5O7/c1-10-12-21-28(39)35-16-14-19(6)25(35)27(38)32-23(18(5)11-2)29(40)34(9)24(17(3)4)30(41)33(8)20(7)26(37)31-15-13-22(36)42-21/h10,17-21,23-25H,1,11-16H2,2-9H3,(H,31,37)(H,32,38)/t18-,19-,20-,21-,23-,24?,25-/m0/s1. The van der Waals surface area contributed by atoms with Crippen LogP contribution in [0, 0.1) is 17.8 Å². The first-order chi connectivity index (χ1) is 19.7. The van der Waals surface area contributed by atoms with Crippen molar-refractivity contribution in [1.29, 1.82) is 0 Å². The van der Waals surface area contributed by atoms with Crippen LogP contribution in [0.5, 0.6) is 0 Å². The molecule has 1 unspecified atom stereocenters. The molecule has 2 heterocycles. The van der Waals surface area contributed by atoms with Crippen molar-refractivity contribution in [3.05, 3.63) is 12.7 Å². The number of rotatable bonds is 5. The van der Waals surface area contributed by atoms with Crippen molar-refractivity contribution in [3.8, 4) is 0 Å². The molecule has 0 aromatic carbocycles. The second kappa shape index (κ2) is 15.2. The number of amides is 5. The van der Waals surface area contributed by atoms with Gasteiger partial charge in [0.15, 0.2) is 6.10 Å². The summed E-state index contributed by atoms with van der Waals surface area (Å²) in [5, 5.41) is 5.54. The van der Waals surface area contributed by atoms with Gasteiger partial charge in [-0.05, 0) is 31.1 Å². The molecule has 5 amide bonds. The average Bonchev–Trinajstić information content (AvgIpc) is 3.33. The summed E-state index contributed by atoms with van der Waals surface area (Å²) in [5.74, 6) is -3.81. The van der Waals surface area contributed by atoms with E-state index in [1.54, 1.807) is 6.92 Å². The van der Waals surface area contributed by atoms with Crippen LogP contribution in [0.25, 0.3) is 0 Å². The Labute approximate surface area is 249 Å². The lowest BCUT2D eigenvalue weighted by Gasteiger charge is -2.38. The van der Waals surface area contributed by atoms with E-state index in [1.807, 2.05) is 34.6 Å². The molecular weight excluding hydrogens is 542 g/mol. The van der Waals surface area contributed by atoms with E-state index in [9.17, 15) is 28.8 Å². The molecule has 12 heteroatoms. The molecule has 0 aliphatic carbocycles. The van der Waals surface area contributed by atoms with Crippen molar-refractivity contribution in [2.75, 3.05) is 27.2 Å². The Bertz CT molecular complexity index is 1050. The number of nitrogens with one attached hydrogen (secondary N) is 2. The van der Waals surface area contributed by atoms with Crippen LogP contribution >= 0.6 is 0 Å². The average molecular weight is 592 g/mol. The number of fused-ring (bicyclic) bond motifs is 1. The summed E-state index contributed by atoms with van der Waals surface area (Å²) < 4.78 is 5.49. The number of nitrogens with zero attached hydrogens (tertiary/aromatic N) is 3. The van der Waals surface area contributed by atoms with E-state index in [1.165, 1.54) is 34.9 Å². The van der Waals surface area contributed by atoms with Gasteiger partial charge in [-0.15, -0.1) is 6.58 Å². The van der Waals surface area contributed by atoms with Crippen molar-refractivity contribution in [2.45, 2.75) is 97.5 Å². The van der Waals surface area contributed by atoms with E-state index >= 15 is 0 Å². The van der Waals surface area contributed by atoms with Crippen LogP contribution in [0.15, 0.2) is 12.7 Å². The molecule has 2 aliphatic rings. The first-order valence-electron chi connectivity index (χ1n) is 14.9. The number of hydrogen-bond acceptors (Lipinski definition) is 7. The summed E-state index contributed by atoms with van der Waals surface area (Å²) in [7, 11) is 3.02. The Morgan fingerprint density at radius 3 is 2.19 bits per heavy atom. The van der Waals surface area contributed by atoms with Crippen molar-refractivity contribution in [1.82, 2.24) is 25.3 Å². The Kier molecular flexibility index (Phi) is 12.5. The van der Waals surface area contributed by atoms with Gasteiger partial charge in [-0.1, -0.05) is 47.1 Å². The van der Waals surface area contributed by atoms with Gasteiger partial charge in [-0.2, -0.15) is 0 Å². The first kappa shape index (κ1) is 34.8. The van der Waals surface area contributed by atoms with Gasteiger partial charge >= 0.3 is 5.97 Å². The molecule has 0 spiro atoms. The topological polar surface area (TPSA) is 145 Å². The minimum atomic E-state index is -1.18. The van der Waals surface area contributed by atoms with Gasteiger partial charge < -0.3 is 30.1 Å². The van der Waals surface area contributed by atoms with Crippen molar-refractivity contribution in [3.63, 3.8) is 0 Å². The number of ether oxygens (including phenoxy) is 1. The summed E-state index contributed by atoms with van der Waals surface area (Å²) in [5.41, 5.74) is 0. The van der Waals surface area contributed by atoms with Gasteiger partial charge in [-0.3, -0.25) is 28.8 Å². The lowest BCUT2D eigenvalue weighted by molar-refractivity contribution is -0.161. The highest BCUT2D eigenvalue weighted by atomic mass is 16.5. The van der Waals surface area contributed by atoms with E-state index in [2.05, 4.69) is 17.2 Å². The minimum Gasteiger partial charge on any atom is -0.452 e. The first-order valence-corrected chi connectivity index (χ1v) is 14.9. The Balaban J connectivity index is 2.57. The quantitative estimate of drug-likeness (QED) is 0.360. The van der Waals surface area contributed by atoms with Gasteiger partial charge in [0.1, 0.15) is 24.2 Å². The van der Waals surface area contributed by atoms with E-state index in [4.69, 9.17) is 4.74 Å². The van der Waals surface area contributed by atoms with Gasteiger partial charge in [0.05, 0.1) is 6.42 Å². The lowest BCUT2D eigenvalue weighted by Crippen LogP contribution is -2.61. The molecule has 0 radical (unpaired) electrons. The maximum Gasteiger partial charge on any atom is 0.308 e. The predicted molar refractivity (Wildman–Crippen MR) is 157 cm³/mol. The lowest BCUT2D eigenvalue weighted by atomic mass is 9.94. The number of esters is 1. The number of cyclic esters (lactones) is 1. The van der Waals surface area contributed by atoms with Crippen LogP contribution in [0.3, 0.4) is 0 Å². The van der Waals surface area contributed by atoms with Crippen molar-refractivity contribution >= 4 is 35.5 Å². The molecule has 2 N–H and O–H groups in total. The molecule has 7 atom stereocenters. The SMILES string of the molecule is C=CC[C@@H]1OC(=O)CCNC(=O)[C@H](C)N(C)C(=O)C(C(C)C)N(C)C(=O)[C@H]([C@@H](C)CC)NC(=O)[C@@H]2[C@@H](C)CCN2C1=O. The zero-order chi connectivity index (χ0) is 31.9. The monoisotopic (exact) mass is 591 g/mol. The molecule has 0 bridgehead atoms. The highest BCUT2D eigenvalue weighted by molar-refractivity contribution is 5.96. The largest absolute Gasteiger partial charge is 0.452 e. The van der Waals surface area contributed by atoms with Gasteiger partial charge in [-0.25, -0.2) is 0 Å². The molecule has 2 aliphatic heterocycles. The molecular formula is C30H49N5O7. The zero-order valence-corrected chi connectivity index (χ0v) is 26.3. The number of hydrogen-bond donors (Lipinski definition) is 2. The van der Waals surface area contributed by atoms with Crippen LogP contribution in [-0.2, 0) is 33.5 Å². The van der Waals surface area contributed by atoms with E-state index in [0.717, 1.165) is 0 Å². The van der Waals surface area contributed by atoms with Gasteiger partial charge in [0.2, 0.25) is 23.6 Å². The fourth-order valence-corrected chi connectivity index (χ4v) is 5.53. The number of carbonyl (C=O) groups is 6. The molecule has 2 saturated heterocycles. The second-order valence-corrected chi connectivity index (χ2v) is 11.9. The van der Waals surface area contributed by atoms with E-state index < -0.39 is 65.8 Å². The molecule has 12 nitrogen and oxygen atoms in total. The third-order valence-corrected chi connectivity index (χ3v) is 8.54.